The number of aryl methyl sites for hydroxylation is 1. The van der Waals surface area contributed by atoms with Crippen molar-refractivity contribution in [2.24, 2.45) is 0 Å². The number of hydrogen-bond acceptors (Lipinski definition) is 5. The zero-order valence-electron chi connectivity index (χ0n) is 14.6. The summed E-state index contributed by atoms with van der Waals surface area (Å²) in [7, 11) is 0. The number of hydrogen-bond donors (Lipinski definition) is 0. The number of amides is 1. The fourth-order valence-corrected chi connectivity index (χ4v) is 3.23. The average Bonchev–Trinajstić information content (AvgIpc) is 3.23. The molecule has 3 rings (SSSR count). The minimum Gasteiger partial charge on any atom is -0.339 e. The lowest BCUT2D eigenvalue weighted by Crippen LogP contribution is -2.40. The Kier molecular flexibility index (Phi) is 5.43. The lowest BCUT2D eigenvalue weighted by molar-refractivity contribution is -0.131. The Balaban J connectivity index is 1.63. The van der Waals surface area contributed by atoms with Crippen molar-refractivity contribution in [1.82, 2.24) is 19.9 Å². The van der Waals surface area contributed by atoms with Crippen LogP contribution in [0.15, 0.2) is 28.8 Å². The number of aromatic nitrogens is 2. The smallest absolute Gasteiger partial charge is 0.226 e. The Labute approximate surface area is 146 Å². The zero-order valence-corrected chi connectivity index (χ0v) is 14.6. The number of benzene rings is 1. The first-order valence-electron chi connectivity index (χ1n) is 8.61. The third-order valence-electron chi connectivity index (χ3n) is 4.57. The molecule has 1 aliphatic rings. The first-order chi connectivity index (χ1) is 12.1. The van der Waals surface area contributed by atoms with Gasteiger partial charge in [-0.25, -0.2) is 4.39 Å². The molecule has 0 radical (unpaired) electrons. The summed E-state index contributed by atoms with van der Waals surface area (Å²) >= 11 is 0. The van der Waals surface area contributed by atoms with Gasteiger partial charge in [-0.15, -0.1) is 0 Å². The lowest BCUT2D eigenvalue weighted by Gasteiger charge is -2.27. The predicted molar refractivity (Wildman–Crippen MR) is 90.0 cm³/mol. The lowest BCUT2D eigenvalue weighted by atomic mass is 10.2. The van der Waals surface area contributed by atoms with Crippen molar-refractivity contribution in [3.63, 3.8) is 0 Å². The van der Waals surface area contributed by atoms with Crippen LogP contribution in [-0.4, -0.2) is 45.0 Å². The van der Waals surface area contributed by atoms with Crippen LogP contribution >= 0.6 is 0 Å². The van der Waals surface area contributed by atoms with Crippen molar-refractivity contribution in [3.05, 3.63) is 47.4 Å². The van der Waals surface area contributed by atoms with Gasteiger partial charge in [-0.05, 0) is 12.5 Å². The number of likely N-dealkylation sites (tertiary alicyclic amines) is 1. The molecule has 1 amide bonds. The first kappa shape index (κ1) is 17.5. The van der Waals surface area contributed by atoms with Crippen LogP contribution in [0.3, 0.4) is 0 Å². The van der Waals surface area contributed by atoms with Crippen molar-refractivity contribution in [2.75, 3.05) is 13.1 Å². The second-order valence-corrected chi connectivity index (χ2v) is 6.37. The number of carbonyl (C=O) groups excluding carboxylic acids is 1. The largest absolute Gasteiger partial charge is 0.339 e. The summed E-state index contributed by atoms with van der Waals surface area (Å²) in [5.74, 6) is 0.902. The van der Waals surface area contributed by atoms with E-state index in [0.717, 1.165) is 13.0 Å². The number of carbonyl (C=O) groups is 1. The third kappa shape index (κ3) is 4.22. The highest BCUT2D eigenvalue weighted by Crippen LogP contribution is 2.21. The highest BCUT2D eigenvalue weighted by atomic mass is 19.1. The number of rotatable bonds is 6. The quantitative estimate of drug-likeness (QED) is 0.804. The van der Waals surface area contributed by atoms with E-state index in [1.54, 1.807) is 24.0 Å². The molecule has 2 heterocycles. The third-order valence-corrected chi connectivity index (χ3v) is 4.57. The summed E-state index contributed by atoms with van der Waals surface area (Å²) in [5, 5.41) is 3.94. The molecule has 0 N–H and O–H groups in total. The van der Waals surface area contributed by atoms with Crippen LogP contribution in [0.4, 0.5) is 4.39 Å². The molecule has 134 valence electrons. The van der Waals surface area contributed by atoms with Gasteiger partial charge in [-0.1, -0.05) is 30.3 Å². The van der Waals surface area contributed by atoms with Crippen LogP contribution in [0.2, 0.25) is 0 Å². The van der Waals surface area contributed by atoms with Gasteiger partial charge >= 0.3 is 0 Å². The summed E-state index contributed by atoms with van der Waals surface area (Å²) in [5.41, 5.74) is 0.684. The van der Waals surface area contributed by atoms with E-state index in [9.17, 15) is 9.18 Å². The molecule has 25 heavy (non-hydrogen) atoms. The minimum atomic E-state index is -0.187. The SMILES string of the molecule is CCc1nc(CN(C(C)=O)[C@H]2CCN(Cc3ccccc3F)C2)no1. The van der Waals surface area contributed by atoms with E-state index in [-0.39, 0.29) is 17.8 Å². The van der Waals surface area contributed by atoms with Gasteiger partial charge in [-0.2, -0.15) is 4.98 Å². The summed E-state index contributed by atoms with van der Waals surface area (Å²) in [4.78, 5) is 20.3. The highest BCUT2D eigenvalue weighted by molar-refractivity contribution is 5.73. The van der Waals surface area contributed by atoms with Crippen LogP contribution in [0, 0.1) is 5.82 Å². The van der Waals surface area contributed by atoms with Gasteiger partial charge in [0.15, 0.2) is 5.82 Å². The van der Waals surface area contributed by atoms with E-state index in [2.05, 4.69) is 15.0 Å². The Morgan fingerprint density at radius 3 is 2.92 bits per heavy atom. The summed E-state index contributed by atoms with van der Waals surface area (Å²) in [6, 6.07) is 6.89. The molecule has 1 saturated heterocycles. The molecular weight excluding hydrogens is 323 g/mol. The van der Waals surface area contributed by atoms with Crippen molar-refractivity contribution < 1.29 is 13.7 Å². The molecule has 2 aromatic rings. The average molecular weight is 346 g/mol. The molecular formula is C18H23FN4O2. The van der Waals surface area contributed by atoms with Gasteiger partial charge < -0.3 is 9.42 Å². The van der Waals surface area contributed by atoms with Crippen LogP contribution in [0.25, 0.3) is 0 Å². The maximum atomic E-state index is 13.8. The summed E-state index contributed by atoms with van der Waals surface area (Å²) in [6.45, 7) is 5.94. The second kappa shape index (κ2) is 7.74. The molecule has 1 aromatic heterocycles. The van der Waals surface area contributed by atoms with E-state index in [4.69, 9.17) is 4.52 Å². The van der Waals surface area contributed by atoms with Crippen LogP contribution in [-0.2, 0) is 24.3 Å². The molecule has 1 atom stereocenters. The van der Waals surface area contributed by atoms with Gasteiger partial charge in [0.1, 0.15) is 5.82 Å². The van der Waals surface area contributed by atoms with E-state index >= 15 is 0 Å². The van der Waals surface area contributed by atoms with E-state index in [1.165, 1.54) is 6.07 Å². The molecule has 7 heteroatoms. The first-order valence-corrected chi connectivity index (χ1v) is 8.61. The standard InChI is InChI=1S/C18H23FN4O2/c1-3-18-20-17(21-25-18)12-23(13(2)24)15-8-9-22(11-15)10-14-6-4-5-7-16(14)19/h4-7,15H,3,8-12H2,1-2H3/t15-/m0/s1. The Morgan fingerprint density at radius 2 is 2.24 bits per heavy atom. The molecule has 6 nitrogen and oxygen atoms in total. The maximum absolute atomic E-state index is 13.8. The van der Waals surface area contributed by atoms with Crippen molar-refractivity contribution in [2.45, 2.75) is 45.8 Å². The molecule has 0 spiro atoms. The minimum absolute atomic E-state index is 0.0133. The van der Waals surface area contributed by atoms with E-state index < -0.39 is 0 Å². The fourth-order valence-electron chi connectivity index (χ4n) is 3.23. The van der Waals surface area contributed by atoms with Crippen molar-refractivity contribution in [1.29, 1.82) is 0 Å². The fraction of sp³-hybridized carbons (Fsp3) is 0.500. The molecule has 1 aliphatic heterocycles. The summed E-state index contributed by atoms with van der Waals surface area (Å²) < 4.78 is 19.0. The molecule has 0 unspecified atom stereocenters. The normalized spacial score (nSPS) is 17.8. The van der Waals surface area contributed by atoms with Gasteiger partial charge in [0.2, 0.25) is 11.8 Å². The van der Waals surface area contributed by atoms with Crippen molar-refractivity contribution in [3.8, 4) is 0 Å². The van der Waals surface area contributed by atoms with Gasteiger partial charge in [0, 0.05) is 44.6 Å². The second-order valence-electron chi connectivity index (χ2n) is 6.37. The van der Waals surface area contributed by atoms with Crippen LogP contribution < -0.4 is 0 Å². The van der Waals surface area contributed by atoms with Crippen LogP contribution in [0.1, 0.15) is 37.5 Å². The topological polar surface area (TPSA) is 62.5 Å². The summed E-state index contributed by atoms with van der Waals surface area (Å²) in [6.07, 6.45) is 1.53. The zero-order chi connectivity index (χ0) is 17.8. The van der Waals surface area contributed by atoms with Gasteiger partial charge in [0.05, 0.1) is 6.54 Å². The molecule has 0 aliphatic carbocycles. The monoisotopic (exact) mass is 346 g/mol. The van der Waals surface area contributed by atoms with E-state index in [1.807, 2.05) is 13.0 Å². The molecule has 0 bridgehead atoms. The molecule has 1 fully saturated rings. The van der Waals surface area contributed by atoms with Crippen LogP contribution in [0.5, 0.6) is 0 Å². The van der Waals surface area contributed by atoms with Gasteiger partial charge in [-0.3, -0.25) is 9.69 Å². The molecule has 0 saturated carbocycles. The van der Waals surface area contributed by atoms with E-state index in [0.29, 0.717) is 43.3 Å². The Morgan fingerprint density at radius 1 is 1.44 bits per heavy atom. The number of nitrogens with zero attached hydrogens (tertiary/aromatic N) is 4. The Bertz CT molecular complexity index is 733. The predicted octanol–water partition coefficient (Wildman–Crippen LogP) is 2.39. The van der Waals surface area contributed by atoms with Crippen molar-refractivity contribution >= 4 is 5.91 Å². The number of halogens is 1. The molecule has 1 aromatic carbocycles. The highest BCUT2D eigenvalue weighted by Gasteiger charge is 2.30. The Hall–Kier alpha value is -2.28. The van der Waals surface area contributed by atoms with Gasteiger partial charge in [0.25, 0.3) is 0 Å². The maximum Gasteiger partial charge on any atom is 0.226 e.